The number of hydrogen-bond acceptors (Lipinski definition) is 5. The van der Waals surface area contributed by atoms with Crippen LogP contribution in [0.25, 0.3) is 0 Å². The molecule has 0 aromatic heterocycles. The molecule has 31 heavy (non-hydrogen) atoms. The maximum Gasteiger partial charge on any atom is 0.275 e. The molecule has 0 aliphatic rings. The Morgan fingerprint density at radius 3 is 2.52 bits per heavy atom. The normalized spacial score (nSPS) is 10.7. The first kappa shape index (κ1) is 22.4. The zero-order chi connectivity index (χ0) is 22.1. The van der Waals surface area contributed by atoms with Crippen LogP contribution in [0.2, 0.25) is 0 Å². The number of hydrazone groups is 1. The van der Waals surface area contributed by atoms with Crippen LogP contribution in [0.1, 0.15) is 28.4 Å². The van der Waals surface area contributed by atoms with E-state index in [4.69, 9.17) is 14.2 Å². The Hall–Kier alpha value is -3.32. The van der Waals surface area contributed by atoms with Gasteiger partial charge in [-0.15, -0.1) is 0 Å². The largest absolute Gasteiger partial charge is 0.493 e. The number of nitrogens with zero attached hydrogens (tertiary/aromatic N) is 1. The lowest BCUT2D eigenvalue weighted by Gasteiger charge is -2.12. The summed E-state index contributed by atoms with van der Waals surface area (Å²) in [6, 6.07) is 20.4. The Kier molecular flexibility index (Phi) is 8.06. The van der Waals surface area contributed by atoms with E-state index < -0.39 is 0 Å². The predicted molar refractivity (Wildman–Crippen MR) is 124 cm³/mol. The highest BCUT2D eigenvalue weighted by atomic mass is 79.9. The van der Waals surface area contributed by atoms with Crippen LogP contribution in [0.5, 0.6) is 17.2 Å². The first-order valence-electron chi connectivity index (χ1n) is 9.71. The minimum atomic E-state index is -0.364. The molecule has 1 N–H and O–H groups in total. The molecule has 0 heterocycles. The van der Waals surface area contributed by atoms with E-state index in [2.05, 4.69) is 26.5 Å². The molecule has 0 saturated heterocycles. The number of para-hydroxylation sites is 1. The minimum Gasteiger partial charge on any atom is -0.493 e. The summed E-state index contributed by atoms with van der Waals surface area (Å²) in [5.41, 5.74) is 4.71. The van der Waals surface area contributed by atoms with Crippen molar-refractivity contribution in [2.75, 3.05) is 13.7 Å². The molecule has 0 radical (unpaired) electrons. The van der Waals surface area contributed by atoms with Crippen molar-refractivity contribution in [3.05, 3.63) is 87.9 Å². The van der Waals surface area contributed by atoms with Gasteiger partial charge in [-0.3, -0.25) is 4.79 Å². The smallest absolute Gasteiger partial charge is 0.275 e. The standard InChI is InChI=1S/C24H23BrN2O4/c1-3-30-23-20(25)13-18(14-22(23)29-2)15-26-27-24(28)19-11-7-8-12-21(19)31-16-17-9-5-4-6-10-17/h4-15H,3,16H2,1-2H3,(H,27,28)/b26-15+. The molecular formula is C24H23BrN2O4. The average molecular weight is 483 g/mol. The van der Waals surface area contributed by atoms with Crippen molar-refractivity contribution in [1.82, 2.24) is 5.43 Å². The Balaban J connectivity index is 1.68. The van der Waals surface area contributed by atoms with E-state index in [0.717, 1.165) is 15.6 Å². The summed E-state index contributed by atoms with van der Waals surface area (Å²) < 4.78 is 17.5. The number of methoxy groups -OCH3 is 1. The monoisotopic (exact) mass is 482 g/mol. The molecular weight excluding hydrogens is 460 g/mol. The Morgan fingerprint density at radius 1 is 1.03 bits per heavy atom. The summed E-state index contributed by atoms with van der Waals surface area (Å²) in [4.78, 5) is 12.6. The highest BCUT2D eigenvalue weighted by Crippen LogP contribution is 2.36. The van der Waals surface area contributed by atoms with E-state index >= 15 is 0 Å². The molecule has 0 spiro atoms. The van der Waals surface area contributed by atoms with Crippen molar-refractivity contribution in [3.8, 4) is 17.2 Å². The molecule has 0 bridgehead atoms. The van der Waals surface area contributed by atoms with E-state index in [-0.39, 0.29) is 5.91 Å². The molecule has 3 aromatic carbocycles. The van der Waals surface area contributed by atoms with Crippen LogP contribution >= 0.6 is 15.9 Å². The van der Waals surface area contributed by atoms with Gasteiger partial charge in [0.25, 0.3) is 5.91 Å². The lowest BCUT2D eigenvalue weighted by Crippen LogP contribution is -2.18. The zero-order valence-electron chi connectivity index (χ0n) is 17.3. The fourth-order valence-corrected chi connectivity index (χ4v) is 3.41. The molecule has 3 aromatic rings. The number of carbonyl (C=O) groups excluding carboxylic acids is 1. The van der Waals surface area contributed by atoms with E-state index in [0.29, 0.717) is 36.0 Å². The number of nitrogens with one attached hydrogen (secondary N) is 1. The van der Waals surface area contributed by atoms with Gasteiger partial charge in [0.1, 0.15) is 12.4 Å². The van der Waals surface area contributed by atoms with E-state index in [1.54, 1.807) is 31.4 Å². The van der Waals surface area contributed by atoms with Crippen LogP contribution in [0.4, 0.5) is 0 Å². The maximum absolute atomic E-state index is 12.6. The number of halogens is 1. The van der Waals surface area contributed by atoms with Gasteiger partial charge in [0, 0.05) is 0 Å². The third kappa shape index (κ3) is 6.08. The second-order valence-corrected chi connectivity index (χ2v) is 7.29. The van der Waals surface area contributed by atoms with Gasteiger partial charge in [0.2, 0.25) is 0 Å². The van der Waals surface area contributed by atoms with Gasteiger partial charge in [0.15, 0.2) is 11.5 Å². The third-order valence-electron chi connectivity index (χ3n) is 4.29. The number of amides is 1. The van der Waals surface area contributed by atoms with Crippen molar-refractivity contribution in [3.63, 3.8) is 0 Å². The molecule has 3 rings (SSSR count). The van der Waals surface area contributed by atoms with E-state index in [1.165, 1.54) is 6.21 Å². The van der Waals surface area contributed by atoms with Gasteiger partial charge >= 0.3 is 0 Å². The topological polar surface area (TPSA) is 69.2 Å². The number of rotatable bonds is 9. The molecule has 0 aliphatic carbocycles. The van der Waals surface area contributed by atoms with Crippen molar-refractivity contribution >= 4 is 28.1 Å². The summed E-state index contributed by atoms with van der Waals surface area (Å²) in [5, 5.41) is 4.07. The summed E-state index contributed by atoms with van der Waals surface area (Å²) in [6.07, 6.45) is 1.54. The molecule has 0 fully saturated rings. The Labute approximate surface area is 190 Å². The Bertz CT molecular complexity index is 1050. The SMILES string of the molecule is CCOc1c(Br)cc(/C=N/NC(=O)c2ccccc2OCc2ccccc2)cc1OC. The van der Waals surface area contributed by atoms with Crippen molar-refractivity contribution in [1.29, 1.82) is 0 Å². The van der Waals surface area contributed by atoms with Crippen molar-refractivity contribution in [2.24, 2.45) is 5.10 Å². The maximum atomic E-state index is 12.6. The zero-order valence-corrected chi connectivity index (χ0v) is 18.9. The molecule has 1 amide bonds. The molecule has 6 nitrogen and oxygen atoms in total. The number of hydrogen-bond donors (Lipinski definition) is 1. The van der Waals surface area contributed by atoms with Crippen LogP contribution < -0.4 is 19.6 Å². The van der Waals surface area contributed by atoms with Gasteiger partial charge in [-0.1, -0.05) is 42.5 Å². The Morgan fingerprint density at radius 2 is 1.77 bits per heavy atom. The minimum absolute atomic E-state index is 0.364. The second kappa shape index (κ2) is 11.2. The van der Waals surface area contributed by atoms with Crippen LogP contribution in [0, 0.1) is 0 Å². The first-order valence-corrected chi connectivity index (χ1v) is 10.5. The highest BCUT2D eigenvalue weighted by Gasteiger charge is 2.13. The quantitative estimate of drug-likeness (QED) is 0.336. The molecule has 0 aliphatic heterocycles. The number of benzene rings is 3. The molecule has 0 unspecified atom stereocenters. The highest BCUT2D eigenvalue weighted by molar-refractivity contribution is 9.10. The van der Waals surface area contributed by atoms with Gasteiger partial charge in [0.05, 0.1) is 30.0 Å². The van der Waals surface area contributed by atoms with Crippen molar-refractivity contribution < 1.29 is 19.0 Å². The molecule has 0 atom stereocenters. The van der Waals surface area contributed by atoms with Gasteiger partial charge in [-0.25, -0.2) is 5.43 Å². The van der Waals surface area contributed by atoms with Crippen LogP contribution in [-0.2, 0) is 6.61 Å². The lowest BCUT2D eigenvalue weighted by atomic mass is 10.2. The third-order valence-corrected chi connectivity index (χ3v) is 4.88. The average Bonchev–Trinajstić information content (AvgIpc) is 2.80. The molecule has 7 heteroatoms. The molecule has 0 saturated carbocycles. The van der Waals surface area contributed by atoms with Gasteiger partial charge < -0.3 is 14.2 Å². The fraction of sp³-hybridized carbons (Fsp3) is 0.167. The van der Waals surface area contributed by atoms with Crippen LogP contribution in [0.3, 0.4) is 0 Å². The van der Waals surface area contributed by atoms with E-state index in [1.807, 2.05) is 49.4 Å². The first-order chi connectivity index (χ1) is 15.1. The summed E-state index contributed by atoms with van der Waals surface area (Å²) in [7, 11) is 1.57. The fourth-order valence-electron chi connectivity index (χ4n) is 2.84. The summed E-state index contributed by atoms with van der Waals surface area (Å²) in [6.45, 7) is 2.79. The van der Waals surface area contributed by atoms with Crippen LogP contribution in [0.15, 0.2) is 76.3 Å². The summed E-state index contributed by atoms with van der Waals surface area (Å²) in [5.74, 6) is 1.32. The predicted octanol–water partition coefficient (Wildman–Crippen LogP) is 5.20. The molecule has 160 valence electrons. The lowest BCUT2D eigenvalue weighted by molar-refractivity contribution is 0.0950. The summed E-state index contributed by atoms with van der Waals surface area (Å²) >= 11 is 3.47. The van der Waals surface area contributed by atoms with Gasteiger partial charge in [-0.05, 0) is 58.2 Å². The van der Waals surface area contributed by atoms with E-state index in [9.17, 15) is 4.79 Å². The van der Waals surface area contributed by atoms with Crippen molar-refractivity contribution in [2.45, 2.75) is 13.5 Å². The van der Waals surface area contributed by atoms with Crippen LogP contribution in [-0.4, -0.2) is 25.8 Å². The van der Waals surface area contributed by atoms with Gasteiger partial charge in [-0.2, -0.15) is 5.10 Å². The second-order valence-electron chi connectivity index (χ2n) is 6.44. The number of ether oxygens (including phenoxy) is 3. The number of carbonyl (C=O) groups is 1.